The lowest BCUT2D eigenvalue weighted by atomic mass is 9.93. The molecule has 2 rings (SSSR count). The number of aryl methyl sites for hydroxylation is 1. The Bertz CT molecular complexity index is 486. The molecule has 0 bridgehead atoms. The first kappa shape index (κ1) is 10.0. The summed E-state index contributed by atoms with van der Waals surface area (Å²) in [5.41, 5.74) is 7.26. The van der Waals surface area contributed by atoms with Crippen LogP contribution in [0.4, 0.5) is 0 Å². The van der Waals surface area contributed by atoms with Gasteiger partial charge in [0.1, 0.15) is 11.3 Å². The zero-order valence-electron chi connectivity index (χ0n) is 9.23. The molecule has 2 aromatic heterocycles. The Hall–Kier alpha value is -1.49. The molecule has 0 amide bonds. The number of nitrogens with zero attached hydrogens (tertiary/aromatic N) is 4. The Balaban J connectivity index is 2.68. The lowest BCUT2D eigenvalue weighted by Crippen LogP contribution is -2.31. The van der Waals surface area contributed by atoms with Gasteiger partial charge in [0.25, 0.3) is 0 Å². The molecule has 0 unspecified atom stereocenters. The molecule has 0 saturated heterocycles. The van der Waals surface area contributed by atoms with Gasteiger partial charge in [-0.05, 0) is 6.07 Å². The molecule has 0 aliphatic rings. The van der Waals surface area contributed by atoms with Crippen molar-refractivity contribution < 1.29 is 0 Å². The summed E-state index contributed by atoms with van der Waals surface area (Å²) < 4.78 is 1.95. The molecule has 2 N–H and O–H groups in total. The normalized spacial score (nSPS) is 12.3. The number of rotatable bonds is 2. The molecular formula is C10H15N5. The topological polar surface area (TPSA) is 69.6 Å². The van der Waals surface area contributed by atoms with E-state index in [1.807, 2.05) is 17.7 Å². The minimum absolute atomic E-state index is 0.143. The van der Waals surface area contributed by atoms with Crippen LogP contribution >= 0.6 is 0 Å². The summed E-state index contributed by atoms with van der Waals surface area (Å²) in [5, 5.41) is 7.91. The van der Waals surface area contributed by atoms with Gasteiger partial charge in [-0.15, -0.1) is 5.10 Å². The van der Waals surface area contributed by atoms with Gasteiger partial charge >= 0.3 is 0 Å². The zero-order valence-corrected chi connectivity index (χ0v) is 9.23. The standard InChI is InChI=1S/C10H15N5/c1-10(2,6-11)9-13-7-4-5-12-14-8(7)15(9)3/h4-5H,6,11H2,1-3H3. The second kappa shape index (κ2) is 3.27. The summed E-state index contributed by atoms with van der Waals surface area (Å²) in [6.45, 7) is 4.70. The molecule has 0 aliphatic carbocycles. The molecule has 0 aromatic carbocycles. The van der Waals surface area contributed by atoms with E-state index in [0.29, 0.717) is 6.54 Å². The number of aromatic nitrogens is 4. The lowest BCUT2D eigenvalue weighted by molar-refractivity contribution is 0.487. The molecule has 0 fully saturated rings. The van der Waals surface area contributed by atoms with Crippen LogP contribution in [-0.2, 0) is 12.5 Å². The van der Waals surface area contributed by atoms with Crippen LogP contribution in [0.25, 0.3) is 11.2 Å². The van der Waals surface area contributed by atoms with E-state index in [2.05, 4.69) is 29.0 Å². The van der Waals surface area contributed by atoms with Gasteiger partial charge in [0.15, 0.2) is 5.65 Å². The molecule has 0 saturated carbocycles. The molecule has 80 valence electrons. The van der Waals surface area contributed by atoms with E-state index >= 15 is 0 Å². The highest BCUT2D eigenvalue weighted by Gasteiger charge is 2.25. The Labute approximate surface area is 88.3 Å². The van der Waals surface area contributed by atoms with E-state index in [1.165, 1.54) is 0 Å². The first-order valence-electron chi connectivity index (χ1n) is 4.91. The lowest BCUT2D eigenvalue weighted by Gasteiger charge is -2.21. The van der Waals surface area contributed by atoms with Gasteiger partial charge in [-0.25, -0.2) is 4.98 Å². The third-order valence-electron chi connectivity index (χ3n) is 2.66. The van der Waals surface area contributed by atoms with Crippen molar-refractivity contribution in [3.05, 3.63) is 18.1 Å². The maximum atomic E-state index is 5.74. The summed E-state index contributed by atoms with van der Waals surface area (Å²) in [5.74, 6) is 0.945. The zero-order chi connectivity index (χ0) is 11.1. The Morgan fingerprint density at radius 2 is 2.20 bits per heavy atom. The van der Waals surface area contributed by atoms with Crippen LogP contribution in [0.15, 0.2) is 12.3 Å². The maximum absolute atomic E-state index is 5.74. The van der Waals surface area contributed by atoms with Gasteiger partial charge in [0, 0.05) is 19.0 Å². The van der Waals surface area contributed by atoms with Crippen molar-refractivity contribution in [2.24, 2.45) is 12.8 Å². The Morgan fingerprint density at radius 3 is 2.80 bits per heavy atom. The van der Waals surface area contributed by atoms with Crippen molar-refractivity contribution in [2.45, 2.75) is 19.3 Å². The van der Waals surface area contributed by atoms with Crippen molar-refractivity contribution in [2.75, 3.05) is 6.54 Å². The molecule has 2 aromatic rings. The average molecular weight is 205 g/mol. The largest absolute Gasteiger partial charge is 0.329 e. The maximum Gasteiger partial charge on any atom is 0.182 e. The average Bonchev–Trinajstić information content (AvgIpc) is 2.58. The van der Waals surface area contributed by atoms with Gasteiger partial charge in [0.2, 0.25) is 0 Å². The van der Waals surface area contributed by atoms with Crippen molar-refractivity contribution in [3.63, 3.8) is 0 Å². The first-order valence-corrected chi connectivity index (χ1v) is 4.91. The summed E-state index contributed by atoms with van der Waals surface area (Å²) >= 11 is 0. The minimum Gasteiger partial charge on any atom is -0.329 e. The number of hydrogen-bond acceptors (Lipinski definition) is 4. The van der Waals surface area contributed by atoms with Crippen LogP contribution in [0, 0.1) is 0 Å². The quantitative estimate of drug-likeness (QED) is 0.779. The van der Waals surface area contributed by atoms with Crippen molar-refractivity contribution in [1.82, 2.24) is 19.7 Å². The van der Waals surface area contributed by atoms with Crippen LogP contribution in [-0.4, -0.2) is 26.3 Å². The number of fused-ring (bicyclic) bond motifs is 1. The molecule has 2 heterocycles. The van der Waals surface area contributed by atoms with E-state index in [0.717, 1.165) is 17.0 Å². The predicted molar refractivity (Wildman–Crippen MR) is 58.4 cm³/mol. The Morgan fingerprint density at radius 1 is 1.47 bits per heavy atom. The predicted octanol–water partition coefficient (Wildman–Crippen LogP) is 0.600. The van der Waals surface area contributed by atoms with Gasteiger partial charge in [-0.2, -0.15) is 5.10 Å². The van der Waals surface area contributed by atoms with Gasteiger partial charge < -0.3 is 10.3 Å². The molecule has 0 atom stereocenters. The fourth-order valence-electron chi connectivity index (χ4n) is 1.63. The van der Waals surface area contributed by atoms with Crippen molar-refractivity contribution in [3.8, 4) is 0 Å². The molecule has 0 spiro atoms. The monoisotopic (exact) mass is 205 g/mol. The summed E-state index contributed by atoms with van der Waals surface area (Å²) in [6, 6.07) is 1.86. The fourth-order valence-corrected chi connectivity index (χ4v) is 1.63. The van der Waals surface area contributed by atoms with Crippen molar-refractivity contribution >= 4 is 11.2 Å². The van der Waals surface area contributed by atoms with Gasteiger partial charge in [-0.1, -0.05) is 13.8 Å². The number of imidazole rings is 1. The van der Waals surface area contributed by atoms with Crippen LogP contribution in [0.2, 0.25) is 0 Å². The highest BCUT2D eigenvalue weighted by Crippen LogP contribution is 2.23. The highest BCUT2D eigenvalue weighted by molar-refractivity contribution is 5.70. The van der Waals surface area contributed by atoms with E-state index in [1.54, 1.807) is 6.20 Å². The second-order valence-corrected chi connectivity index (χ2v) is 4.32. The highest BCUT2D eigenvalue weighted by atomic mass is 15.2. The smallest absolute Gasteiger partial charge is 0.182 e. The minimum atomic E-state index is -0.143. The molecule has 15 heavy (non-hydrogen) atoms. The first-order chi connectivity index (χ1) is 7.06. The molecule has 0 radical (unpaired) electrons. The third-order valence-corrected chi connectivity index (χ3v) is 2.66. The van der Waals surface area contributed by atoms with Crippen LogP contribution in [0.3, 0.4) is 0 Å². The third kappa shape index (κ3) is 1.48. The molecule has 0 aliphatic heterocycles. The molecule has 5 heteroatoms. The van der Waals surface area contributed by atoms with Crippen LogP contribution < -0.4 is 5.73 Å². The van der Waals surface area contributed by atoms with E-state index in [-0.39, 0.29) is 5.41 Å². The SMILES string of the molecule is Cn1c(C(C)(C)CN)nc2ccnnc21. The van der Waals surface area contributed by atoms with Crippen molar-refractivity contribution in [1.29, 1.82) is 0 Å². The van der Waals surface area contributed by atoms with Crippen LogP contribution in [0.5, 0.6) is 0 Å². The summed E-state index contributed by atoms with van der Waals surface area (Å²) in [7, 11) is 1.94. The fraction of sp³-hybridized carbons (Fsp3) is 0.500. The van der Waals surface area contributed by atoms with E-state index in [4.69, 9.17) is 5.73 Å². The number of hydrogen-bond donors (Lipinski definition) is 1. The second-order valence-electron chi connectivity index (χ2n) is 4.32. The van der Waals surface area contributed by atoms with E-state index < -0.39 is 0 Å². The molecular weight excluding hydrogens is 190 g/mol. The van der Waals surface area contributed by atoms with E-state index in [9.17, 15) is 0 Å². The Kier molecular flexibility index (Phi) is 2.19. The summed E-state index contributed by atoms with van der Waals surface area (Å²) in [4.78, 5) is 4.54. The number of nitrogens with two attached hydrogens (primary N) is 1. The van der Waals surface area contributed by atoms with Crippen LogP contribution in [0.1, 0.15) is 19.7 Å². The van der Waals surface area contributed by atoms with Gasteiger partial charge in [-0.3, -0.25) is 0 Å². The van der Waals surface area contributed by atoms with Gasteiger partial charge in [0.05, 0.1) is 6.20 Å². The summed E-state index contributed by atoms with van der Waals surface area (Å²) in [6.07, 6.45) is 1.65. The molecule has 5 nitrogen and oxygen atoms in total.